The second kappa shape index (κ2) is 15.6. The van der Waals surface area contributed by atoms with Crippen molar-refractivity contribution in [3.8, 4) is 0 Å². The second-order valence-corrected chi connectivity index (χ2v) is 13.8. The van der Waals surface area contributed by atoms with Crippen molar-refractivity contribution in [1.82, 2.24) is 18.7 Å². The van der Waals surface area contributed by atoms with Crippen molar-refractivity contribution in [3.63, 3.8) is 0 Å². The van der Waals surface area contributed by atoms with Gasteiger partial charge in [-0.3, -0.25) is 0 Å². The van der Waals surface area contributed by atoms with E-state index in [-0.39, 0.29) is 49.6 Å². The summed E-state index contributed by atoms with van der Waals surface area (Å²) in [5.41, 5.74) is 14.7. The molecule has 9 heterocycles. The summed E-state index contributed by atoms with van der Waals surface area (Å²) in [4.78, 5) is 21.5. The van der Waals surface area contributed by atoms with Gasteiger partial charge < -0.3 is 49.6 Å². The Bertz CT molecular complexity index is 2260. The normalized spacial score (nSPS) is 16.6. The number of rotatable bonds is 4. The van der Waals surface area contributed by atoms with Gasteiger partial charge in [0.05, 0.1) is 121 Å². The van der Waals surface area contributed by atoms with Crippen LogP contribution in [0, 0.1) is 0 Å². The van der Waals surface area contributed by atoms with E-state index in [9.17, 15) is 0 Å². The Labute approximate surface area is 350 Å². The molecule has 0 aromatic carbocycles. The zero-order valence-electron chi connectivity index (χ0n) is 32.1. The fraction of sp³-hybridized carbons (Fsp3) is 0.200. The van der Waals surface area contributed by atoms with Gasteiger partial charge in [0.15, 0.2) is 28.2 Å². The van der Waals surface area contributed by atoms with E-state index in [4.69, 9.17) is 20.0 Å². The molecule has 0 atom stereocenters. The third-order valence-electron chi connectivity index (χ3n) is 10.4. The maximum atomic E-state index is 5.37. The number of nitrogens with zero attached hydrogens (tertiary/aromatic N) is 12. The topological polar surface area (TPSA) is 84.7 Å². The lowest BCUT2D eigenvalue weighted by molar-refractivity contribution is -0.751. The molecule has 8 bridgehead atoms. The molecule has 16 heteroatoms. The van der Waals surface area contributed by atoms with Crippen LogP contribution in [-0.4, -0.2) is 41.6 Å². The van der Waals surface area contributed by atoms with Crippen LogP contribution in [0.3, 0.4) is 0 Å². The van der Waals surface area contributed by atoms with Crippen molar-refractivity contribution in [1.29, 1.82) is 0 Å². The van der Waals surface area contributed by atoms with Crippen LogP contribution in [0.2, 0.25) is 0 Å². The van der Waals surface area contributed by atoms with E-state index < -0.39 is 0 Å². The standard InChI is InChI=1S/C40H40N12.4ClH/c1-45-17-25(18-46(45)2)37-29-9-11-31(41-29)38(26-19-47(3)48(4)20-26)33-13-15-35(43-33)40(28-23-51(7)52(8)24-28)36-16-14-34(44-36)39(32-12-10-30(37)42-32)27-21-49(5)50(6)22-27;;;;/h9-24H,1-8H3;4*1H/q+4;;;;/p-4. The summed E-state index contributed by atoms with van der Waals surface area (Å²) in [5, 5.41) is 0. The van der Waals surface area contributed by atoms with Crippen molar-refractivity contribution in [3.05, 3.63) is 143 Å². The zero-order chi connectivity index (χ0) is 36.0. The average molecular weight is 831 g/mol. The molecule has 0 amide bonds. The van der Waals surface area contributed by atoms with Crippen LogP contribution in [0.1, 0.15) is 22.3 Å². The first-order chi connectivity index (χ1) is 25.0. The number of hydrogen-bond acceptors (Lipinski definition) is 4. The van der Waals surface area contributed by atoms with Gasteiger partial charge in [0, 0.05) is 22.3 Å². The van der Waals surface area contributed by atoms with Crippen LogP contribution in [0.25, 0.3) is 22.3 Å². The van der Waals surface area contributed by atoms with Crippen molar-refractivity contribution in [2.45, 2.75) is 0 Å². The van der Waals surface area contributed by atoms with Crippen molar-refractivity contribution < 1.29 is 68.4 Å². The number of aryl methyl sites for hydroxylation is 8. The number of hydrogen-bond donors (Lipinski definition) is 0. The number of aliphatic imine (C=N–C) groups is 4. The molecule has 56 heavy (non-hydrogen) atoms. The first kappa shape index (κ1) is 41.8. The average Bonchev–Trinajstić information content (AvgIpc) is 3.95. The molecule has 0 spiro atoms. The van der Waals surface area contributed by atoms with Gasteiger partial charge in [-0.15, -0.1) is 18.7 Å². The zero-order valence-corrected chi connectivity index (χ0v) is 35.1. The van der Waals surface area contributed by atoms with Crippen LogP contribution in [-0.2, 0) is 56.4 Å². The molecule has 0 saturated carbocycles. The molecule has 0 aliphatic carbocycles. The summed E-state index contributed by atoms with van der Waals surface area (Å²) in [6, 6.07) is 0. The Hall–Kier alpha value is -5.40. The summed E-state index contributed by atoms with van der Waals surface area (Å²) in [6.45, 7) is 0. The number of fused-ring (bicyclic) bond motifs is 4. The fourth-order valence-electron chi connectivity index (χ4n) is 7.26. The first-order valence-corrected chi connectivity index (χ1v) is 17.2. The van der Waals surface area contributed by atoms with E-state index in [0.717, 1.165) is 90.2 Å². The summed E-state index contributed by atoms with van der Waals surface area (Å²) in [6.07, 6.45) is 33.8. The quantitative estimate of drug-likeness (QED) is 0.184. The van der Waals surface area contributed by atoms with Gasteiger partial charge in [-0.2, -0.15) is 18.7 Å². The van der Waals surface area contributed by atoms with Crippen LogP contribution in [0.5, 0.6) is 0 Å². The predicted molar refractivity (Wildman–Crippen MR) is 200 cm³/mol. The molecule has 0 unspecified atom stereocenters. The van der Waals surface area contributed by atoms with Crippen LogP contribution in [0.15, 0.2) is 141 Å². The molecule has 9 rings (SSSR count). The van der Waals surface area contributed by atoms with Crippen molar-refractivity contribution in [2.75, 3.05) is 0 Å². The number of aromatic nitrogens is 8. The molecule has 0 fully saturated rings. The highest BCUT2D eigenvalue weighted by Gasteiger charge is 2.31. The Morgan fingerprint density at radius 2 is 0.536 bits per heavy atom. The van der Waals surface area contributed by atoms with Gasteiger partial charge in [-0.05, 0) is 48.6 Å². The molecule has 5 aliphatic rings. The van der Waals surface area contributed by atoms with Crippen molar-refractivity contribution in [2.24, 2.45) is 76.4 Å². The number of halogens is 4. The Morgan fingerprint density at radius 1 is 0.339 bits per heavy atom. The summed E-state index contributed by atoms with van der Waals surface area (Å²) < 4.78 is 16.5. The monoisotopic (exact) mass is 828 g/mol. The van der Waals surface area contributed by atoms with Gasteiger partial charge >= 0.3 is 0 Å². The van der Waals surface area contributed by atoms with E-state index in [1.807, 2.05) is 56.4 Å². The van der Waals surface area contributed by atoms with Gasteiger partial charge in [-0.25, -0.2) is 20.0 Å². The molecule has 5 aliphatic heterocycles. The maximum Gasteiger partial charge on any atom is 0.203 e. The summed E-state index contributed by atoms with van der Waals surface area (Å²) >= 11 is 0. The molecule has 0 radical (unpaired) electrons. The molecule has 0 N–H and O–H groups in total. The van der Waals surface area contributed by atoms with Crippen molar-refractivity contribution >= 4 is 45.1 Å². The minimum absolute atomic E-state index is 0. The Morgan fingerprint density at radius 3 is 0.696 bits per heavy atom. The lowest BCUT2D eigenvalue weighted by atomic mass is 10.0. The van der Waals surface area contributed by atoms with Gasteiger partial charge in [0.25, 0.3) is 0 Å². The number of allylic oxidation sites excluding steroid dienone is 12. The molecular weight excluding hydrogens is 790 g/mol. The largest absolute Gasteiger partial charge is 1.00 e. The lowest BCUT2D eigenvalue weighted by Crippen LogP contribution is -3.00. The maximum absolute atomic E-state index is 5.37. The molecule has 12 nitrogen and oxygen atoms in total. The highest BCUT2D eigenvalue weighted by molar-refractivity contribution is 6.39. The minimum Gasteiger partial charge on any atom is -1.00 e. The SMILES string of the molecule is Cn1cc(C2=C3C=CC(=N3)C(c3cn(C)[n+](C)c3)=C3C=CC(=N3)C(c3cn(C)[n+](C)c3)=C3C=CC(=N3)C(c3cn(C)[n+](C)c3)=C3C=CC2=N3)c[n+]1C.[Cl-].[Cl-].[Cl-].[Cl-]. The van der Waals surface area contributed by atoms with E-state index in [1.165, 1.54) is 0 Å². The third-order valence-corrected chi connectivity index (χ3v) is 10.4. The fourth-order valence-corrected chi connectivity index (χ4v) is 7.26. The van der Waals surface area contributed by atoms with E-state index in [2.05, 4.69) is 136 Å². The Kier molecular flexibility index (Phi) is 11.6. The van der Waals surface area contributed by atoms with Crippen LogP contribution in [0.4, 0.5) is 0 Å². The highest BCUT2D eigenvalue weighted by Crippen LogP contribution is 2.38. The third kappa shape index (κ3) is 6.87. The van der Waals surface area contributed by atoms with Crippen LogP contribution >= 0.6 is 0 Å². The smallest absolute Gasteiger partial charge is 0.203 e. The van der Waals surface area contributed by atoms with E-state index >= 15 is 0 Å². The van der Waals surface area contributed by atoms with Gasteiger partial charge in [0.2, 0.25) is 24.8 Å². The molecule has 4 aromatic heterocycles. The molecule has 0 saturated heterocycles. The van der Waals surface area contributed by atoms with Crippen LogP contribution < -0.4 is 68.4 Å². The highest BCUT2D eigenvalue weighted by atomic mass is 35.5. The Balaban J connectivity index is 0.00000150. The molecule has 288 valence electrons. The van der Waals surface area contributed by atoms with E-state index in [1.54, 1.807) is 0 Å². The van der Waals surface area contributed by atoms with Gasteiger partial charge in [0.1, 0.15) is 0 Å². The second-order valence-electron chi connectivity index (χ2n) is 13.8. The predicted octanol–water partition coefficient (Wildman–Crippen LogP) is -9.64. The molecular formula is C40H40Cl4N12. The minimum atomic E-state index is 0. The lowest BCUT2D eigenvalue weighted by Gasteiger charge is -2.09. The molecule has 4 aromatic rings. The van der Waals surface area contributed by atoms with Gasteiger partial charge in [-0.1, -0.05) is 0 Å². The summed E-state index contributed by atoms with van der Waals surface area (Å²) in [7, 11) is 16.3. The first-order valence-electron chi connectivity index (χ1n) is 17.2. The van der Waals surface area contributed by atoms with E-state index in [0.29, 0.717) is 0 Å². The summed E-state index contributed by atoms with van der Waals surface area (Å²) in [5.74, 6) is 0.